The highest BCUT2D eigenvalue weighted by molar-refractivity contribution is 6.12. The van der Waals surface area contributed by atoms with Crippen LogP contribution in [0.2, 0.25) is 0 Å². The Morgan fingerprint density at radius 2 is 1.28 bits per heavy atom. The monoisotopic (exact) mass is 381 g/mol. The molecule has 0 unspecified atom stereocenters. The summed E-state index contributed by atoms with van der Waals surface area (Å²) >= 11 is 0. The number of rotatable bonds is 4. The predicted octanol–water partition coefficient (Wildman–Crippen LogP) is 3.72. The molecule has 1 aliphatic rings. The van der Waals surface area contributed by atoms with E-state index in [4.69, 9.17) is 20.0 Å². The van der Waals surface area contributed by atoms with Gasteiger partial charge in [-0.1, -0.05) is 42.5 Å². The molecule has 0 bridgehead atoms. The Bertz CT molecular complexity index is 1100. The number of nitrogens with zero attached hydrogens (tertiary/aromatic N) is 3. The number of carbonyl (C=O) groups is 1. The van der Waals surface area contributed by atoms with Crippen molar-refractivity contribution in [3.05, 3.63) is 89.5 Å². The second-order valence-electron chi connectivity index (χ2n) is 6.57. The molecule has 1 amide bonds. The van der Waals surface area contributed by atoms with Gasteiger partial charge in [0, 0.05) is 18.3 Å². The highest BCUT2D eigenvalue weighted by Gasteiger charge is 2.52. The molecular weight excluding hydrogens is 366 g/mol. The molecular formula is C23H15N3O3. The lowest BCUT2D eigenvalue weighted by Gasteiger charge is -2.30. The molecule has 6 heteroatoms. The average Bonchev–Trinajstić information content (AvgIpc) is 2.98. The summed E-state index contributed by atoms with van der Waals surface area (Å²) in [6.45, 7) is 0. The molecule has 0 spiro atoms. The zero-order chi connectivity index (χ0) is 20.4. The number of fused-ring (bicyclic) bond motifs is 1. The quantitative estimate of drug-likeness (QED) is 0.643. The van der Waals surface area contributed by atoms with E-state index in [1.165, 1.54) is 0 Å². The molecule has 0 atom stereocenters. The van der Waals surface area contributed by atoms with Crippen LogP contribution in [0.3, 0.4) is 0 Å². The van der Waals surface area contributed by atoms with Crippen molar-refractivity contribution in [1.82, 2.24) is 0 Å². The van der Waals surface area contributed by atoms with Gasteiger partial charge < -0.3 is 14.4 Å². The maximum Gasteiger partial charge on any atom is 0.292 e. The number of ether oxygens (including phenoxy) is 2. The largest absolute Gasteiger partial charge is 0.388 e. The van der Waals surface area contributed by atoms with E-state index in [9.17, 15) is 4.79 Å². The molecule has 1 aliphatic heterocycles. The molecule has 3 aromatic carbocycles. The van der Waals surface area contributed by atoms with Crippen LogP contribution in [0.1, 0.15) is 16.7 Å². The third-order valence-corrected chi connectivity index (χ3v) is 5.20. The first-order valence-electron chi connectivity index (χ1n) is 8.83. The first-order valence-corrected chi connectivity index (χ1v) is 8.83. The Morgan fingerprint density at radius 1 is 0.793 bits per heavy atom. The molecule has 6 nitrogen and oxygen atoms in total. The zero-order valence-electron chi connectivity index (χ0n) is 15.5. The summed E-state index contributed by atoms with van der Waals surface area (Å²) in [6, 6.07) is 21.5. The van der Waals surface area contributed by atoms with Crippen LogP contribution in [0.15, 0.2) is 72.8 Å². The molecule has 0 aromatic heterocycles. The van der Waals surface area contributed by atoms with Gasteiger partial charge in [-0.25, -0.2) is 0 Å². The number of hydrogen-bond donors (Lipinski definition) is 0. The number of anilines is 1. The van der Waals surface area contributed by atoms with Crippen molar-refractivity contribution in [1.29, 1.82) is 10.5 Å². The van der Waals surface area contributed by atoms with Crippen LogP contribution in [-0.4, -0.2) is 13.0 Å². The van der Waals surface area contributed by atoms with E-state index < -0.39 is 5.41 Å². The van der Waals surface area contributed by atoms with Gasteiger partial charge in [0.05, 0.1) is 0 Å². The van der Waals surface area contributed by atoms with Crippen molar-refractivity contribution < 1.29 is 14.3 Å². The summed E-state index contributed by atoms with van der Waals surface area (Å²) < 4.78 is 9.77. The summed E-state index contributed by atoms with van der Waals surface area (Å²) in [5.74, 6) is 0.703. The number of carbonyl (C=O) groups excluding carboxylic acids is 1. The maximum atomic E-state index is 13.7. The molecule has 140 valence electrons. The Balaban J connectivity index is 1.97. The Hall–Kier alpha value is -4.29. The smallest absolute Gasteiger partial charge is 0.292 e. The van der Waals surface area contributed by atoms with E-state index in [1.807, 2.05) is 24.3 Å². The minimum absolute atomic E-state index is 0.0957. The predicted molar refractivity (Wildman–Crippen MR) is 105 cm³/mol. The number of likely N-dealkylation sites (N-methyl/N-ethyl adjacent to an activating group) is 1. The number of amides is 1. The molecule has 1 heterocycles. The lowest BCUT2D eigenvalue weighted by Crippen LogP contribution is -2.40. The van der Waals surface area contributed by atoms with Crippen molar-refractivity contribution in [3.63, 3.8) is 0 Å². The lowest BCUT2D eigenvalue weighted by atomic mass is 9.70. The van der Waals surface area contributed by atoms with E-state index in [0.717, 1.165) is 22.4 Å². The van der Waals surface area contributed by atoms with Gasteiger partial charge in [-0.05, 0) is 41.5 Å². The molecule has 0 aliphatic carbocycles. The summed E-state index contributed by atoms with van der Waals surface area (Å²) in [5, 5.41) is 17.5. The average molecular weight is 381 g/mol. The van der Waals surface area contributed by atoms with Crippen molar-refractivity contribution in [2.45, 2.75) is 5.41 Å². The maximum absolute atomic E-state index is 13.7. The lowest BCUT2D eigenvalue weighted by molar-refractivity contribution is -0.120. The van der Waals surface area contributed by atoms with Gasteiger partial charge in [-0.15, -0.1) is 10.5 Å². The van der Waals surface area contributed by atoms with E-state index in [0.29, 0.717) is 11.5 Å². The number of hydrogen-bond acceptors (Lipinski definition) is 5. The topological polar surface area (TPSA) is 86.3 Å². The normalized spacial score (nSPS) is 13.9. The standard InChI is InChI=1S/C23H15N3O3/c1-26-21-5-3-2-4-20(21)23(22(26)27,16-6-10-18(11-7-16)28-14-24)17-8-12-19(13-9-17)29-15-25/h2-13H,1H3. The summed E-state index contributed by atoms with van der Waals surface area (Å²) in [5.41, 5.74) is 2.11. The van der Waals surface area contributed by atoms with Crippen LogP contribution in [0.4, 0.5) is 5.69 Å². The van der Waals surface area contributed by atoms with E-state index >= 15 is 0 Å². The van der Waals surface area contributed by atoms with Crippen molar-refractivity contribution in [2.24, 2.45) is 0 Å². The summed E-state index contributed by atoms with van der Waals surface area (Å²) in [4.78, 5) is 15.3. The van der Waals surface area contributed by atoms with Gasteiger partial charge in [0.25, 0.3) is 12.5 Å². The Kier molecular flexibility index (Phi) is 4.38. The first kappa shape index (κ1) is 18.1. The van der Waals surface area contributed by atoms with Gasteiger partial charge >= 0.3 is 0 Å². The third-order valence-electron chi connectivity index (χ3n) is 5.20. The molecule has 0 radical (unpaired) electrons. The fraction of sp³-hybridized carbons (Fsp3) is 0.0870. The molecule has 0 fully saturated rings. The molecule has 3 aromatic rings. The van der Waals surface area contributed by atoms with Crippen molar-refractivity contribution in [2.75, 3.05) is 11.9 Å². The van der Waals surface area contributed by atoms with E-state index in [1.54, 1.807) is 73.0 Å². The molecule has 0 saturated carbocycles. The fourth-order valence-corrected chi connectivity index (χ4v) is 3.94. The van der Waals surface area contributed by atoms with E-state index in [-0.39, 0.29) is 5.91 Å². The van der Waals surface area contributed by atoms with Gasteiger partial charge in [0.2, 0.25) is 5.91 Å². The van der Waals surface area contributed by atoms with Crippen LogP contribution in [0.25, 0.3) is 0 Å². The van der Waals surface area contributed by atoms with Crippen LogP contribution < -0.4 is 14.4 Å². The summed E-state index contributed by atoms with van der Waals surface area (Å²) in [7, 11) is 1.75. The van der Waals surface area contributed by atoms with Crippen LogP contribution in [-0.2, 0) is 10.2 Å². The Morgan fingerprint density at radius 3 is 1.76 bits per heavy atom. The number of nitriles is 2. The second-order valence-corrected chi connectivity index (χ2v) is 6.57. The first-order chi connectivity index (χ1) is 14.1. The van der Waals surface area contributed by atoms with Crippen molar-refractivity contribution in [3.8, 4) is 24.0 Å². The second kappa shape index (κ2) is 7.03. The third kappa shape index (κ3) is 2.67. The number of para-hydroxylation sites is 1. The van der Waals surface area contributed by atoms with Gasteiger partial charge in [0.15, 0.2) is 0 Å². The van der Waals surface area contributed by atoms with Crippen molar-refractivity contribution >= 4 is 11.6 Å². The minimum Gasteiger partial charge on any atom is -0.388 e. The fourth-order valence-electron chi connectivity index (χ4n) is 3.94. The van der Waals surface area contributed by atoms with Gasteiger partial charge in [0.1, 0.15) is 16.9 Å². The van der Waals surface area contributed by atoms with Gasteiger partial charge in [-0.3, -0.25) is 4.79 Å². The summed E-state index contributed by atoms with van der Waals surface area (Å²) in [6.07, 6.45) is 3.30. The molecule has 0 N–H and O–H groups in total. The number of benzene rings is 3. The van der Waals surface area contributed by atoms with E-state index in [2.05, 4.69) is 0 Å². The zero-order valence-corrected chi connectivity index (χ0v) is 15.5. The SMILES string of the molecule is CN1C(=O)C(c2ccc(OC#N)cc2)(c2ccc(OC#N)cc2)c2ccccc21. The highest BCUT2D eigenvalue weighted by Crippen LogP contribution is 2.50. The Labute approximate surface area is 167 Å². The van der Waals surface area contributed by atoms with Gasteiger partial charge in [-0.2, -0.15) is 0 Å². The van der Waals surface area contributed by atoms with Crippen LogP contribution in [0, 0.1) is 23.0 Å². The van der Waals surface area contributed by atoms with Crippen LogP contribution >= 0.6 is 0 Å². The minimum atomic E-state index is -1.07. The molecule has 29 heavy (non-hydrogen) atoms. The van der Waals surface area contributed by atoms with Crippen LogP contribution in [0.5, 0.6) is 11.5 Å². The molecule has 4 rings (SSSR count). The highest BCUT2D eigenvalue weighted by atomic mass is 16.5. The molecule has 0 saturated heterocycles.